The van der Waals surface area contributed by atoms with Gasteiger partial charge in [0.25, 0.3) is 5.95 Å². The van der Waals surface area contributed by atoms with E-state index in [4.69, 9.17) is 9.47 Å². The Morgan fingerprint density at radius 3 is 2.86 bits per heavy atom. The average molecular weight is 394 g/mol. The third kappa shape index (κ3) is 3.89. The van der Waals surface area contributed by atoms with Gasteiger partial charge in [0.15, 0.2) is 5.78 Å². The number of nitrogens with zero attached hydrogens (tertiary/aromatic N) is 1. The first kappa shape index (κ1) is 18.2. The molecule has 0 bridgehead atoms. The molecule has 0 fully saturated rings. The minimum absolute atomic E-state index is 0.00608. The molecule has 0 amide bonds. The minimum atomic E-state index is -0.524. The smallest absolute Gasteiger partial charge is 0.356 e. The topological polar surface area (TPSA) is 81.3 Å². The standard InChI is InChI=1S/C21H18N2O4S/c24-19-16-5-2-1-4-14(16)7-8-17(19)21(26-10-9-15-12-22-13-23-15)27-20(25)18-6-3-11-28-18/h1-6,11-13H,7-10H2,(H,22,23). The number of thiophene rings is 1. The summed E-state index contributed by atoms with van der Waals surface area (Å²) < 4.78 is 11.3. The summed E-state index contributed by atoms with van der Waals surface area (Å²) in [6, 6.07) is 10.9. The Morgan fingerprint density at radius 2 is 2.07 bits per heavy atom. The second kappa shape index (κ2) is 8.22. The van der Waals surface area contributed by atoms with Gasteiger partial charge >= 0.3 is 5.97 Å². The molecule has 7 heteroatoms. The molecule has 0 saturated heterocycles. The second-order valence-electron chi connectivity index (χ2n) is 6.28. The molecular formula is C21H18N2O4S. The number of aryl methyl sites for hydroxylation is 1. The summed E-state index contributed by atoms with van der Waals surface area (Å²) in [5.41, 5.74) is 2.85. The summed E-state index contributed by atoms with van der Waals surface area (Å²) in [5.74, 6) is -0.687. The lowest BCUT2D eigenvalue weighted by Crippen LogP contribution is -2.20. The van der Waals surface area contributed by atoms with Crippen molar-refractivity contribution in [3.8, 4) is 0 Å². The maximum Gasteiger partial charge on any atom is 0.356 e. The highest BCUT2D eigenvalue weighted by molar-refractivity contribution is 7.11. The van der Waals surface area contributed by atoms with Crippen LogP contribution in [0, 0.1) is 0 Å². The number of esters is 1. The van der Waals surface area contributed by atoms with E-state index >= 15 is 0 Å². The number of H-pyrrole nitrogens is 1. The van der Waals surface area contributed by atoms with Crippen LogP contribution in [0.25, 0.3) is 0 Å². The van der Waals surface area contributed by atoms with Gasteiger partial charge in [-0.3, -0.25) is 4.79 Å². The van der Waals surface area contributed by atoms with Gasteiger partial charge in [-0.15, -0.1) is 11.3 Å². The van der Waals surface area contributed by atoms with E-state index in [1.807, 2.05) is 18.2 Å². The molecule has 6 nitrogen and oxygen atoms in total. The monoisotopic (exact) mass is 394 g/mol. The predicted molar refractivity (Wildman–Crippen MR) is 104 cm³/mol. The molecule has 0 unspecified atom stereocenters. The van der Waals surface area contributed by atoms with Crippen LogP contribution in [0.4, 0.5) is 0 Å². The normalized spacial score (nSPS) is 15.1. The Bertz CT molecular complexity index is 1010. The number of benzene rings is 1. The zero-order valence-electron chi connectivity index (χ0n) is 15.0. The van der Waals surface area contributed by atoms with Crippen molar-refractivity contribution in [2.45, 2.75) is 19.3 Å². The van der Waals surface area contributed by atoms with E-state index in [-0.39, 0.29) is 18.3 Å². The van der Waals surface area contributed by atoms with Crippen LogP contribution in [0.2, 0.25) is 0 Å². The maximum atomic E-state index is 13.0. The lowest BCUT2D eigenvalue weighted by molar-refractivity contribution is 0.0245. The second-order valence-corrected chi connectivity index (χ2v) is 7.23. The average Bonchev–Trinajstić information content (AvgIpc) is 3.42. The number of hydrogen-bond donors (Lipinski definition) is 1. The summed E-state index contributed by atoms with van der Waals surface area (Å²) in [6.07, 6.45) is 5.05. The first-order valence-electron chi connectivity index (χ1n) is 8.94. The zero-order chi connectivity index (χ0) is 19.3. The molecule has 1 N–H and O–H groups in total. The number of allylic oxidation sites excluding steroid dienone is 1. The van der Waals surface area contributed by atoms with Crippen LogP contribution in [-0.2, 0) is 22.3 Å². The van der Waals surface area contributed by atoms with Crippen molar-refractivity contribution < 1.29 is 19.1 Å². The number of carbonyl (C=O) groups excluding carboxylic acids is 2. The summed E-state index contributed by atoms with van der Waals surface area (Å²) in [6.45, 7) is 0.246. The van der Waals surface area contributed by atoms with Crippen molar-refractivity contribution in [2.75, 3.05) is 6.61 Å². The highest BCUT2D eigenvalue weighted by Gasteiger charge is 2.28. The molecule has 28 heavy (non-hydrogen) atoms. The number of imidazole rings is 1. The van der Waals surface area contributed by atoms with Gasteiger partial charge in [0, 0.05) is 18.2 Å². The van der Waals surface area contributed by atoms with Gasteiger partial charge in [0.05, 0.1) is 24.2 Å². The van der Waals surface area contributed by atoms with Crippen LogP contribution in [0.15, 0.2) is 65.8 Å². The molecule has 142 valence electrons. The van der Waals surface area contributed by atoms with E-state index in [0.717, 1.165) is 11.3 Å². The Labute approximate surface area is 165 Å². The van der Waals surface area contributed by atoms with E-state index in [1.165, 1.54) is 11.3 Å². The molecule has 0 radical (unpaired) electrons. The van der Waals surface area contributed by atoms with Gasteiger partial charge in [-0.2, -0.15) is 0 Å². The quantitative estimate of drug-likeness (QED) is 0.389. The number of rotatable bonds is 6. The fourth-order valence-electron chi connectivity index (χ4n) is 3.07. The van der Waals surface area contributed by atoms with E-state index in [9.17, 15) is 9.59 Å². The van der Waals surface area contributed by atoms with E-state index in [1.54, 1.807) is 36.1 Å². The van der Waals surface area contributed by atoms with Gasteiger partial charge in [-0.25, -0.2) is 9.78 Å². The van der Waals surface area contributed by atoms with Gasteiger partial charge in [-0.1, -0.05) is 30.3 Å². The third-order valence-electron chi connectivity index (χ3n) is 4.48. The first-order chi connectivity index (χ1) is 13.7. The van der Waals surface area contributed by atoms with Gasteiger partial charge in [0.1, 0.15) is 4.88 Å². The molecule has 0 aliphatic heterocycles. The molecule has 1 aliphatic rings. The summed E-state index contributed by atoms with van der Waals surface area (Å²) in [4.78, 5) is 32.9. The van der Waals surface area contributed by atoms with Crippen molar-refractivity contribution in [2.24, 2.45) is 0 Å². The number of nitrogens with one attached hydrogen (secondary N) is 1. The number of fused-ring (bicyclic) bond motifs is 1. The van der Waals surface area contributed by atoms with Crippen molar-refractivity contribution >= 4 is 23.1 Å². The molecule has 2 aromatic heterocycles. The summed E-state index contributed by atoms with van der Waals surface area (Å²) in [5, 5.41) is 1.80. The zero-order valence-corrected chi connectivity index (χ0v) is 15.8. The minimum Gasteiger partial charge on any atom is -0.464 e. The van der Waals surface area contributed by atoms with Crippen LogP contribution in [0.5, 0.6) is 0 Å². The molecule has 1 aromatic carbocycles. The summed E-state index contributed by atoms with van der Waals surface area (Å²) in [7, 11) is 0. The Balaban J connectivity index is 1.59. The molecule has 3 aromatic rings. The van der Waals surface area contributed by atoms with Crippen LogP contribution >= 0.6 is 11.3 Å². The predicted octanol–water partition coefficient (Wildman–Crippen LogP) is 3.93. The van der Waals surface area contributed by atoms with Gasteiger partial charge in [-0.05, 0) is 29.9 Å². The van der Waals surface area contributed by atoms with E-state index in [0.29, 0.717) is 35.3 Å². The fourth-order valence-corrected chi connectivity index (χ4v) is 3.67. The van der Waals surface area contributed by atoms with E-state index < -0.39 is 5.97 Å². The molecule has 4 rings (SSSR count). The number of aromatic nitrogens is 2. The highest BCUT2D eigenvalue weighted by atomic mass is 32.1. The lowest BCUT2D eigenvalue weighted by atomic mass is 9.87. The number of ether oxygens (including phenoxy) is 2. The number of hydrogen-bond acceptors (Lipinski definition) is 6. The molecule has 1 aliphatic carbocycles. The summed E-state index contributed by atoms with van der Waals surface area (Å²) >= 11 is 1.28. The largest absolute Gasteiger partial charge is 0.464 e. The number of carbonyl (C=O) groups is 2. The molecule has 0 atom stereocenters. The lowest BCUT2D eigenvalue weighted by Gasteiger charge is -2.20. The van der Waals surface area contributed by atoms with Crippen molar-refractivity contribution in [3.63, 3.8) is 0 Å². The maximum absolute atomic E-state index is 13.0. The van der Waals surface area contributed by atoms with Crippen LogP contribution in [0.1, 0.15) is 37.7 Å². The number of Topliss-reactive ketones (excluding diaryl/α,β-unsaturated/α-hetero) is 1. The number of aromatic amines is 1. The van der Waals surface area contributed by atoms with Crippen LogP contribution in [-0.4, -0.2) is 28.3 Å². The van der Waals surface area contributed by atoms with Crippen molar-refractivity contribution in [3.05, 3.63) is 87.5 Å². The molecular weight excluding hydrogens is 376 g/mol. The Morgan fingerprint density at radius 1 is 1.18 bits per heavy atom. The Kier molecular flexibility index (Phi) is 5.34. The van der Waals surface area contributed by atoms with Crippen molar-refractivity contribution in [1.82, 2.24) is 9.97 Å². The Hall–Kier alpha value is -3.19. The highest BCUT2D eigenvalue weighted by Crippen LogP contribution is 2.28. The van der Waals surface area contributed by atoms with Crippen molar-refractivity contribution in [1.29, 1.82) is 0 Å². The number of ketones is 1. The first-order valence-corrected chi connectivity index (χ1v) is 9.82. The van der Waals surface area contributed by atoms with Crippen LogP contribution < -0.4 is 0 Å². The van der Waals surface area contributed by atoms with Crippen LogP contribution in [0.3, 0.4) is 0 Å². The SMILES string of the molecule is O=C(OC(OCCc1c[nH]cn1)=C1CCc2ccccc2C1=O)c1cccs1. The molecule has 0 spiro atoms. The molecule has 2 heterocycles. The van der Waals surface area contributed by atoms with Gasteiger partial charge < -0.3 is 14.5 Å². The fraction of sp³-hybridized carbons (Fsp3) is 0.190. The molecule has 0 saturated carbocycles. The van der Waals surface area contributed by atoms with Gasteiger partial charge in [0.2, 0.25) is 0 Å². The van der Waals surface area contributed by atoms with E-state index in [2.05, 4.69) is 9.97 Å². The third-order valence-corrected chi connectivity index (χ3v) is 5.33.